The van der Waals surface area contributed by atoms with Crippen LogP contribution in [0.3, 0.4) is 0 Å². The number of halogens is 1. The maximum Gasteiger partial charge on any atom is 0.339 e. The second-order valence-corrected chi connectivity index (χ2v) is 7.42. The minimum atomic E-state index is -1.35. The Hall–Kier alpha value is -3.84. The Balaban J connectivity index is 1.80. The molecule has 0 bridgehead atoms. The van der Waals surface area contributed by atoms with Crippen molar-refractivity contribution in [3.63, 3.8) is 0 Å². The van der Waals surface area contributed by atoms with Crippen LogP contribution >= 0.6 is 11.6 Å². The molecular formula is C23H16ClNO6. The van der Waals surface area contributed by atoms with Crippen molar-refractivity contribution in [2.45, 2.75) is 6.10 Å². The van der Waals surface area contributed by atoms with Crippen molar-refractivity contribution in [2.24, 2.45) is 11.1 Å². The number of hydrogen-bond acceptors (Lipinski definition) is 6. The number of carboxylic acid groups (broad SMARTS) is 1. The highest BCUT2D eigenvalue weighted by atomic mass is 35.5. The summed E-state index contributed by atoms with van der Waals surface area (Å²) in [5.74, 6) is -3.07. The van der Waals surface area contributed by atoms with Gasteiger partial charge in [0.1, 0.15) is 28.7 Å². The van der Waals surface area contributed by atoms with E-state index in [1.807, 2.05) is 0 Å². The Morgan fingerprint density at radius 3 is 2.39 bits per heavy atom. The van der Waals surface area contributed by atoms with Crippen LogP contribution in [0.1, 0.15) is 37.9 Å². The SMILES string of the molecule is O=C(O)c1cc(C(=O)C2C(c3cccc(Cl)c3)=NOC2c2ccc(O)cc2)ccc1O. The summed E-state index contributed by atoms with van der Waals surface area (Å²) in [5.41, 5.74) is 1.24. The average molecular weight is 438 g/mol. The first kappa shape index (κ1) is 20.4. The van der Waals surface area contributed by atoms with E-state index in [0.717, 1.165) is 12.1 Å². The number of benzene rings is 3. The molecule has 0 saturated heterocycles. The number of aromatic hydroxyl groups is 2. The van der Waals surface area contributed by atoms with Gasteiger partial charge in [0.25, 0.3) is 0 Å². The molecule has 3 aromatic carbocycles. The number of carbonyl (C=O) groups excluding carboxylic acids is 1. The number of Topliss-reactive ketones (excluding diaryl/α,β-unsaturated/α-hetero) is 1. The third-order valence-corrected chi connectivity index (χ3v) is 5.23. The van der Waals surface area contributed by atoms with Crippen LogP contribution in [-0.4, -0.2) is 32.8 Å². The number of hydrogen-bond donors (Lipinski definition) is 3. The van der Waals surface area contributed by atoms with Crippen molar-refractivity contribution in [1.29, 1.82) is 0 Å². The molecule has 156 valence electrons. The maximum atomic E-state index is 13.5. The molecule has 1 heterocycles. The van der Waals surface area contributed by atoms with Crippen molar-refractivity contribution >= 4 is 29.1 Å². The van der Waals surface area contributed by atoms with E-state index in [1.165, 1.54) is 18.2 Å². The van der Waals surface area contributed by atoms with Crippen molar-refractivity contribution in [3.05, 3.63) is 94.0 Å². The van der Waals surface area contributed by atoms with E-state index >= 15 is 0 Å². The molecular weight excluding hydrogens is 422 g/mol. The molecule has 0 radical (unpaired) electrons. The summed E-state index contributed by atoms with van der Waals surface area (Å²) < 4.78 is 0. The minimum Gasteiger partial charge on any atom is -0.508 e. The Morgan fingerprint density at radius 1 is 0.968 bits per heavy atom. The summed E-state index contributed by atoms with van der Waals surface area (Å²) in [6.45, 7) is 0. The molecule has 2 atom stereocenters. The zero-order valence-electron chi connectivity index (χ0n) is 15.9. The monoisotopic (exact) mass is 437 g/mol. The zero-order chi connectivity index (χ0) is 22.1. The molecule has 0 saturated carbocycles. The third-order valence-electron chi connectivity index (χ3n) is 5.00. The maximum absolute atomic E-state index is 13.5. The summed E-state index contributed by atoms with van der Waals surface area (Å²) in [6.07, 6.45) is -0.802. The largest absolute Gasteiger partial charge is 0.508 e. The van der Waals surface area contributed by atoms with E-state index in [2.05, 4.69) is 5.16 Å². The van der Waals surface area contributed by atoms with Gasteiger partial charge in [0.2, 0.25) is 0 Å². The highest BCUT2D eigenvalue weighted by molar-refractivity contribution is 6.31. The molecule has 0 fully saturated rings. The Morgan fingerprint density at radius 2 is 1.71 bits per heavy atom. The van der Waals surface area contributed by atoms with Gasteiger partial charge in [-0.3, -0.25) is 4.79 Å². The molecule has 7 nitrogen and oxygen atoms in total. The molecule has 0 spiro atoms. The van der Waals surface area contributed by atoms with Crippen molar-refractivity contribution in [3.8, 4) is 11.5 Å². The lowest BCUT2D eigenvalue weighted by Crippen LogP contribution is -2.27. The zero-order valence-corrected chi connectivity index (χ0v) is 16.7. The van der Waals surface area contributed by atoms with Crippen molar-refractivity contribution < 1.29 is 29.7 Å². The predicted octanol–water partition coefficient (Wildman–Crippen LogP) is 4.42. The van der Waals surface area contributed by atoms with E-state index in [1.54, 1.807) is 36.4 Å². The van der Waals surface area contributed by atoms with Crippen LogP contribution in [0, 0.1) is 5.92 Å². The number of oxime groups is 1. The molecule has 1 aliphatic heterocycles. The first-order chi connectivity index (χ1) is 14.8. The van der Waals surface area contributed by atoms with E-state index in [0.29, 0.717) is 21.9 Å². The smallest absolute Gasteiger partial charge is 0.339 e. The van der Waals surface area contributed by atoms with Crippen LogP contribution in [0.25, 0.3) is 0 Å². The lowest BCUT2D eigenvalue weighted by Gasteiger charge is -2.19. The Bertz CT molecular complexity index is 1200. The highest BCUT2D eigenvalue weighted by Gasteiger charge is 2.42. The number of carboxylic acids is 1. The number of phenolic OH excluding ortho intramolecular Hbond substituents is 1. The van der Waals surface area contributed by atoms with Gasteiger partial charge in [-0.05, 0) is 48.0 Å². The Kier molecular flexibility index (Phi) is 5.35. The van der Waals surface area contributed by atoms with Crippen molar-refractivity contribution in [2.75, 3.05) is 0 Å². The van der Waals surface area contributed by atoms with Gasteiger partial charge in [-0.2, -0.15) is 0 Å². The molecule has 0 aliphatic carbocycles. The second kappa shape index (κ2) is 8.12. The third kappa shape index (κ3) is 3.95. The van der Waals surface area contributed by atoms with Gasteiger partial charge in [-0.25, -0.2) is 4.79 Å². The van der Waals surface area contributed by atoms with Crippen LogP contribution in [-0.2, 0) is 4.84 Å². The number of carbonyl (C=O) groups is 2. The first-order valence-corrected chi connectivity index (χ1v) is 9.62. The number of aromatic carboxylic acids is 1. The van der Waals surface area contributed by atoms with Crippen LogP contribution in [0.5, 0.6) is 11.5 Å². The number of nitrogens with zero attached hydrogens (tertiary/aromatic N) is 1. The number of rotatable bonds is 5. The molecule has 1 aliphatic rings. The molecule has 4 rings (SSSR count). The van der Waals surface area contributed by atoms with E-state index in [4.69, 9.17) is 16.4 Å². The van der Waals surface area contributed by atoms with Gasteiger partial charge in [0.15, 0.2) is 11.9 Å². The molecule has 8 heteroatoms. The topological polar surface area (TPSA) is 116 Å². The molecule has 31 heavy (non-hydrogen) atoms. The van der Waals surface area contributed by atoms with E-state index in [-0.39, 0.29) is 16.9 Å². The highest BCUT2D eigenvalue weighted by Crippen LogP contribution is 2.38. The molecule has 3 aromatic rings. The van der Waals surface area contributed by atoms with Gasteiger partial charge >= 0.3 is 5.97 Å². The van der Waals surface area contributed by atoms with Gasteiger partial charge in [0, 0.05) is 16.1 Å². The molecule has 0 aromatic heterocycles. The van der Waals surface area contributed by atoms with E-state index in [9.17, 15) is 24.9 Å². The summed E-state index contributed by atoms with van der Waals surface area (Å²) in [6, 6.07) is 16.6. The van der Waals surface area contributed by atoms with Crippen LogP contribution in [0.15, 0.2) is 71.9 Å². The fourth-order valence-electron chi connectivity index (χ4n) is 3.47. The standard InChI is InChI=1S/C23H16ClNO6/c24-15-3-1-2-13(10-15)20-19(22(31-25-20)12-4-7-16(26)8-5-12)21(28)14-6-9-18(27)17(11-14)23(29)30/h1-11,19,22,26-27H,(H,29,30). The molecule has 2 unspecified atom stereocenters. The van der Waals surface area contributed by atoms with E-state index < -0.39 is 29.5 Å². The second-order valence-electron chi connectivity index (χ2n) is 6.98. The fourth-order valence-corrected chi connectivity index (χ4v) is 3.66. The summed E-state index contributed by atoms with van der Waals surface area (Å²) in [4.78, 5) is 30.6. The quantitative estimate of drug-likeness (QED) is 0.508. The predicted molar refractivity (Wildman–Crippen MR) is 113 cm³/mol. The average Bonchev–Trinajstić information content (AvgIpc) is 3.19. The summed E-state index contributed by atoms with van der Waals surface area (Å²) in [5, 5.41) is 33.3. The normalized spacial score (nSPS) is 17.6. The van der Waals surface area contributed by atoms with Gasteiger partial charge in [-0.1, -0.05) is 41.0 Å². The lowest BCUT2D eigenvalue weighted by atomic mass is 9.83. The van der Waals surface area contributed by atoms with Crippen LogP contribution < -0.4 is 0 Å². The minimum absolute atomic E-state index is 0.0604. The lowest BCUT2D eigenvalue weighted by molar-refractivity contribution is 0.0533. The first-order valence-electron chi connectivity index (χ1n) is 9.24. The fraction of sp³-hybridized carbons (Fsp3) is 0.0870. The van der Waals surface area contributed by atoms with Gasteiger partial charge < -0.3 is 20.2 Å². The van der Waals surface area contributed by atoms with Crippen LogP contribution in [0.2, 0.25) is 5.02 Å². The number of ketones is 1. The summed E-state index contributed by atoms with van der Waals surface area (Å²) in [7, 11) is 0. The van der Waals surface area contributed by atoms with Gasteiger partial charge in [0.05, 0.1) is 0 Å². The summed E-state index contributed by atoms with van der Waals surface area (Å²) >= 11 is 6.11. The Labute approximate surface area is 181 Å². The van der Waals surface area contributed by atoms with Gasteiger partial charge in [-0.15, -0.1) is 0 Å². The molecule has 0 amide bonds. The van der Waals surface area contributed by atoms with Crippen LogP contribution in [0.4, 0.5) is 0 Å². The van der Waals surface area contributed by atoms with Crippen molar-refractivity contribution in [1.82, 2.24) is 0 Å². The molecule has 3 N–H and O–H groups in total. The number of phenols is 2.